The van der Waals surface area contributed by atoms with Crippen LogP contribution in [0, 0.1) is 5.92 Å². The highest BCUT2D eigenvalue weighted by Crippen LogP contribution is 2.26. The summed E-state index contributed by atoms with van der Waals surface area (Å²) in [5, 5.41) is 3.34. The van der Waals surface area contributed by atoms with Crippen molar-refractivity contribution < 1.29 is 9.53 Å². The Bertz CT molecular complexity index is 485. The van der Waals surface area contributed by atoms with Crippen LogP contribution in [0.3, 0.4) is 0 Å². The SMILES string of the molecule is CC1CCC(OCCC(=O)Nc2ccc(Cl)cc2N)CC1. The number of nitrogen functional groups attached to an aromatic ring is 1. The van der Waals surface area contributed by atoms with Crippen LogP contribution in [0.4, 0.5) is 11.4 Å². The fourth-order valence-corrected chi connectivity index (χ4v) is 2.76. The largest absolute Gasteiger partial charge is 0.397 e. The van der Waals surface area contributed by atoms with Gasteiger partial charge < -0.3 is 15.8 Å². The molecule has 0 bridgehead atoms. The number of carbonyl (C=O) groups excluding carboxylic acids is 1. The number of hydrogen-bond acceptors (Lipinski definition) is 3. The van der Waals surface area contributed by atoms with E-state index in [0.29, 0.717) is 35.5 Å². The second-order valence-electron chi connectivity index (χ2n) is 5.78. The molecule has 2 rings (SSSR count). The third kappa shape index (κ3) is 5.21. The van der Waals surface area contributed by atoms with E-state index >= 15 is 0 Å². The number of anilines is 2. The maximum Gasteiger partial charge on any atom is 0.226 e. The zero-order valence-electron chi connectivity index (χ0n) is 12.4. The lowest BCUT2D eigenvalue weighted by atomic mass is 9.89. The van der Waals surface area contributed by atoms with Crippen molar-refractivity contribution in [2.75, 3.05) is 17.7 Å². The van der Waals surface area contributed by atoms with E-state index in [-0.39, 0.29) is 5.91 Å². The first-order valence-corrected chi connectivity index (χ1v) is 7.89. The number of carbonyl (C=O) groups is 1. The summed E-state index contributed by atoms with van der Waals surface area (Å²) in [4.78, 5) is 11.9. The Morgan fingerprint density at radius 2 is 2.10 bits per heavy atom. The smallest absolute Gasteiger partial charge is 0.226 e. The highest BCUT2D eigenvalue weighted by Gasteiger charge is 2.18. The van der Waals surface area contributed by atoms with E-state index < -0.39 is 0 Å². The monoisotopic (exact) mass is 310 g/mol. The lowest BCUT2D eigenvalue weighted by molar-refractivity contribution is -0.117. The summed E-state index contributed by atoms with van der Waals surface area (Å²) in [7, 11) is 0. The summed E-state index contributed by atoms with van der Waals surface area (Å²) >= 11 is 5.82. The summed E-state index contributed by atoms with van der Waals surface area (Å²) in [6.07, 6.45) is 5.30. The maximum atomic E-state index is 11.9. The zero-order chi connectivity index (χ0) is 15.2. The topological polar surface area (TPSA) is 64.3 Å². The molecule has 0 aliphatic heterocycles. The van der Waals surface area contributed by atoms with Gasteiger partial charge in [-0.15, -0.1) is 0 Å². The van der Waals surface area contributed by atoms with Crippen LogP contribution in [-0.2, 0) is 9.53 Å². The van der Waals surface area contributed by atoms with Gasteiger partial charge in [-0.2, -0.15) is 0 Å². The molecule has 21 heavy (non-hydrogen) atoms. The van der Waals surface area contributed by atoms with Crippen LogP contribution in [0.5, 0.6) is 0 Å². The Labute approximate surface area is 131 Å². The number of ether oxygens (including phenoxy) is 1. The summed E-state index contributed by atoms with van der Waals surface area (Å²) in [5.74, 6) is 0.717. The molecule has 0 saturated heterocycles. The summed E-state index contributed by atoms with van der Waals surface area (Å²) < 4.78 is 5.78. The van der Waals surface area contributed by atoms with Crippen LogP contribution < -0.4 is 11.1 Å². The Hall–Kier alpha value is -1.26. The van der Waals surface area contributed by atoms with Crippen molar-refractivity contribution >= 4 is 28.9 Å². The third-order valence-electron chi connectivity index (χ3n) is 3.93. The predicted octanol–water partition coefficient (Wildman–Crippen LogP) is 3.85. The fraction of sp³-hybridized carbons (Fsp3) is 0.562. The quantitative estimate of drug-likeness (QED) is 0.812. The summed E-state index contributed by atoms with van der Waals surface area (Å²) in [6.45, 7) is 2.73. The fourth-order valence-electron chi connectivity index (χ4n) is 2.57. The molecule has 1 saturated carbocycles. The highest BCUT2D eigenvalue weighted by molar-refractivity contribution is 6.31. The molecule has 0 spiro atoms. The van der Waals surface area contributed by atoms with Gasteiger partial charge in [-0.05, 0) is 49.8 Å². The first-order valence-electron chi connectivity index (χ1n) is 7.51. The minimum atomic E-state index is -0.0896. The second-order valence-corrected chi connectivity index (χ2v) is 6.22. The molecule has 0 aromatic heterocycles. The Balaban J connectivity index is 1.70. The van der Waals surface area contributed by atoms with Crippen molar-refractivity contribution in [3.05, 3.63) is 23.2 Å². The highest BCUT2D eigenvalue weighted by atomic mass is 35.5. The molecule has 1 aliphatic rings. The van der Waals surface area contributed by atoms with Gasteiger partial charge in [0.15, 0.2) is 0 Å². The van der Waals surface area contributed by atoms with Gasteiger partial charge in [-0.25, -0.2) is 0 Å². The molecule has 1 aliphatic carbocycles. The normalized spacial score (nSPS) is 22.0. The lowest BCUT2D eigenvalue weighted by Crippen LogP contribution is -2.23. The molecular weight excluding hydrogens is 288 g/mol. The second kappa shape index (κ2) is 7.66. The molecule has 1 aromatic carbocycles. The zero-order valence-corrected chi connectivity index (χ0v) is 13.2. The number of amides is 1. The summed E-state index contributed by atoms with van der Waals surface area (Å²) in [6, 6.07) is 5.03. The maximum absolute atomic E-state index is 11.9. The van der Waals surface area contributed by atoms with Crippen LogP contribution in [0.25, 0.3) is 0 Å². The average Bonchev–Trinajstić information content (AvgIpc) is 2.44. The molecule has 1 fully saturated rings. The standard InChI is InChI=1S/C16H23ClN2O2/c1-11-2-5-13(6-3-11)21-9-8-16(20)19-15-7-4-12(17)10-14(15)18/h4,7,10-11,13H,2-3,5-6,8-9,18H2,1H3,(H,19,20). The van der Waals surface area contributed by atoms with E-state index in [2.05, 4.69) is 12.2 Å². The van der Waals surface area contributed by atoms with Crippen molar-refractivity contribution in [2.24, 2.45) is 5.92 Å². The Morgan fingerprint density at radius 3 is 2.76 bits per heavy atom. The minimum absolute atomic E-state index is 0.0896. The van der Waals surface area contributed by atoms with Crippen LogP contribution in [-0.4, -0.2) is 18.6 Å². The molecule has 0 radical (unpaired) electrons. The lowest BCUT2D eigenvalue weighted by Gasteiger charge is -2.26. The molecule has 1 amide bonds. The van der Waals surface area contributed by atoms with E-state index in [9.17, 15) is 4.79 Å². The van der Waals surface area contributed by atoms with Gasteiger partial charge in [0.1, 0.15) is 0 Å². The molecule has 0 heterocycles. The van der Waals surface area contributed by atoms with Gasteiger partial charge in [0, 0.05) is 5.02 Å². The van der Waals surface area contributed by atoms with Gasteiger partial charge in [0.25, 0.3) is 0 Å². The van der Waals surface area contributed by atoms with E-state index in [0.717, 1.165) is 18.8 Å². The Kier molecular flexibility index (Phi) is 5.88. The van der Waals surface area contributed by atoms with Crippen LogP contribution in [0.1, 0.15) is 39.0 Å². The van der Waals surface area contributed by atoms with Gasteiger partial charge in [0.05, 0.1) is 30.5 Å². The van der Waals surface area contributed by atoms with E-state index in [1.54, 1.807) is 18.2 Å². The van der Waals surface area contributed by atoms with Crippen molar-refractivity contribution in [3.8, 4) is 0 Å². The van der Waals surface area contributed by atoms with Crippen molar-refractivity contribution in [3.63, 3.8) is 0 Å². The van der Waals surface area contributed by atoms with Gasteiger partial charge in [-0.3, -0.25) is 4.79 Å². The van der Waals surface area contributed by atoms with Gasteiger partial charge >= 0.3 is 0 Å². The molecule has 4 nitrogen and oxygen atoms in total. The number of benzene rings is 1. The van der Waals surface area contributed by atoms with Crippen molar-refractivity contribution in [1.82, 2.24) is 0 Å². The molecule has 116 valence electrons. The van der Waals surface area contributed by atoms with Crippen LogP contribution in [0.15, 0.2) is 18.2 Å². The van der Waals surface area contributed by atoms with Crippen molar-refractivity contribution in [2.45, 2.75) is 45.1 Å². The number of halogens is 1. The summed E-state index contributed by atoms with van der Waals surface area (Å²) in [5.41, 5.74) is 6.86. The molecule has 0 atom stereocenters. The van der Waals surface area contributed by atoms with E-state index in [1.807, 2.05) is 0 Å². The predicted molar refractivity (Wildman–Crippen MR) is 86.5 cm³/mol. The molecule has 1 aromatic rings. The number of hydrogen-bond donors (Lipinski definition) is 2. The van der Waals surface area contributed by atoms with Gasteiger partial charge in [0.2, 0.25) is 5.91 Å². The van der Waals surface area contributed by atoms with E-state index in [1.165, 1.54) is 12.8 Å². The van der Waals surface area contributed by atoms with Crippen molar-refractivity contribution in [1.29, 1.82) is 0 Å². The molecular formula is C16H23ClN2O2. The first kappa shape index (κ1) is 16.1. The average molecular weight is 311 g/mol. The van der Waals surface area contributed by atoms with Crippen LogP contribution >= 0.6 is 11.6 Å². The number of rotatable bonds is 5. The molecule has 5 heteroatoms. The third-order valence-corrected chi connectivity index (χ3v) is 4.17. The van der Waals surface area contributed by atoms with Gasteiger partial charge in [-0.1, -0.05) is 18.5 Å². The minimum Gasteiger partial charge on any atom is -0.397 e. The first-order chi connectivity index (χ1) is 10.0. The molecule has 0 unspecified atom stereocenters. The molecule has 3 N–H and O–H groups in total. The van der Waals surface area contributed by atoms with E-state index in [4.69, 9.17) is 22.1 Å². The number of nitrogens with one attached hydrogen (secondary N) is 1. The number of nitrogens with two attached hydrogens (primary N) is 1. The van der Waals surface area contributed by atoms with Crippen LogP contribution in [0.2, 0.25) is 5.02 Å². The Morgan fingerprint density at radius 1 is 1.38 bits per heavy atom.